The van der Waals surface area contributed by atoms with Gasteiger partial charge in [0.2, 0.25) is 15.9 Å². The molecule has 1 aliphatic rings. The van der Waals surface area contributed by atoms with Crippen molar-refractivity contribution in [3.05, 3.63) is 82.0 Å². The standard InChI is InChI=1S/C25H25ClFN3O4S/c1-17-24(23(34-29-17)11-8-19-4-2-3-5-22(19)27)35(32,33)30-14-12-20(13-15-30)25(31)28-16-18-6-9-21(26)10-7-18/h2-11,20H,12-16H2,1H3,(H,28,31). The van der Waals surface area contributed by atoms with Crippen molar-refractivity contribution in [1.29, 1.82) is 0 Å². The summed E-state index contributed by atoms with van der Waals surface area (Å²) >= 11 is 5.89. The number of carbonyl (C=O) groups excluding carboxylic acids is 1. The fourth-order valence-corrected chi connectivity index (χ4v) is 5.84. The Balaban J connectivity index is 1.41. The third-order valence-electron chi connectivity index (χ3n) is 5.96. The highest BCUT2D eigenvalue weighted by Crippen LogP contribution is 2.29. The number of sulfonamides is 1. The number of nitrogens with one attached hydrogen (secondary N) is 1. The normalized spacial score (nSPS) is 15.5. The van der Waals surface area contributed by atoms with Gasteiger partial charge < -0.3 is 9.84 Å². The Morgan fingerprint density at radius 1 is 1.17 bits per heavy atom. The van der Waals surface area contributed by atoms with E-state index in [4.69, 9.17) is 16.1 Å². The maximum atomic E-state index is 13.9. The molecular formula is C25H25ClFN3O4S. The molecule has 0 aliphatic carbocycles. The van der Waals surface area contributed by atoms with Gasteiger partial charge in [0.15, 0.2) is 10.7 Å². The minimum absolute atomic E-state index is 0.0357. The molecule has 0 atom stereocenters. The van der Waals surface area contributed by atoms with Gasteiger partial charge in [-0.3, -0.25) is 4.79 Å². The average Bonchev–Trinajstić information content (AvgIpc) is 3.24. The summed E-state index contributed by atoms with van der Waals surface area (Å²) in [6.45, 7) is 2.32. The zero-order valence-corrected chi connectivity index (χ0v) is 20.7. The van der Waals surface area contributed by atoms with E-state index in [0.717, 1.165) is 5.56 Å². The fraction of sp³-hybridized carbons (Fsp3) is 0.280. The summed E-state index contributed by atoms with van der Waals surface area (Å²) in [5, 5.41) is 7.35. The van der Waals surface area contributed by atoms with Crippen molar-refractivity contribution in [3.8, 4) is 0 Å². The number of piperidine rings is 1. The van der Waals surface area contributed by atoms with Crippen molar-refractivity contribution < 1.29 is 22.1 Å². The van der Waals surface area contributed by atoms with Crippen LogP contribution in [-0.2, 0) is 21.4 Å². The van der Waals surface area contributed by atoms with E-state index in [-0.39, 0.29) is 41.3 Å². The molecule has 0 radical (unpaired) electrons. The molecule has 0 spiro atoms. The van der Waals surface area contributed by atoms with Crippen LogP contribution < -0.4 is 5.32 Å². The lowest BCUT2D eigenvalue weighted by atomic mass is 9.97. The number of amides is 1. The Hall–Kier alpha value is -3.01. The van der Waals surface area contributed by atoms with Crippen LogP contribution in [0.3, 0.4) is 0 Å². The Morgan fingerprint density at radius 2 is 1.86 bits per heavy atom. The number of nitrogens with zero attached hydrogens (tertiary/aromatic N) is 2. The van der Waals surface area contributed by atoms with Gasteiger partial charge in [-0.25, -0.2) is 12.8 Å². The molecule has 0 unspecified atom stereocenters. The van der Waals surface area contributed by atoms with Crippen LogP contribution in [0.2, 0.25) is 5.02 Å². The number of hydrogen-bond acceptors (Lipinski definition) is 5. The van der Waals surface area contributed by atoms with Gasteiger partial charge in [-0.1, -0.05) is 47.1 Å². The summed E-state index contributed by atoms with van der Waals surface area (Å²) in [5.74, 6) is -0.779. The first kappa shape index (κ1) is 25.1. The molecule has 184 valence electrons. The predicted molar refractivity (Wildman–Crippen MR) is 131 cm³/mol. The molecule has 1 saturated heterocycles. The molecule has 0 bridgehead atoms. The lowest BCUT2D eigenvalue weighted by Gasteiger charge is -2.30. The van der Waals surface area contributed by atoms with Crippen LogP contribution >= 0.6 is 11.6 Å². The van der Waals surface area contributed by atoms with E-state index in [9.17, 15) is 17.6 Å². The molecule has 35 heavy (non-hydrogen) atoms. The third kappa shape index (κ3) is 5.80. The number of carbonyl (C=O) groups is 1. The predicted octanol–water partition coefficient (Wildman–Crippen LogP) is 4.66. The lowest BCUT2D eigenvalue weighted by Crippen LogP contribution is -2.43. The molecule has 10 heteroatoms. The highest BCUT2D eigenvalue weighted by molar-refractivity contribution is 7.89. The minimum atomic E-state index is -3.92. The summed E-state index contributed by atoms with van der Waals surface area (Å²) in [7, 11) is -3.92. The number of aryl methyl sites for hydroxylation is 1. The summed E-state index contributed by atoms with van der Waals surface area (Å²) in [6.07, 6.45) is 3.65. The van der Waals surface area contributed by atoms with Gasteiger partial charge in [0, 0.05) is 36.1 Å². The smallest absolute Gasteiger partial charge is 0.248 e. The first-order valence-corrected chi connectivity index (χ1v) is 13.0. The lowest BCUT2D eigenvalue weighted by molar-refractivity contribution is -0.126. The third-order valence-corrected chi connectivity index (χ3v) is 8.26. The molecule has 1 N–H and O–H groups in total. The van der Waals surface area contributed by atoms with E-state index >= 15 is 0 Å². The zero-order valence-electron chi connectivity index (χ0n) is 19.1. The van der Waals surface area contributed by atoms with Crippen molar-refractivity contribution in [2.45, 2.75) is 31.2 Å². The van der Waals surface area contributed by atoms with E-state index in [1.165, 1.54) is 22.5 Å². The van der Waals surface area contributed by atoms with Crippen molar-refractivity contribution in [2.75, 3.05) is 13.1 Å². The van der Waals surface area contributed by atoms with Crippen LogP contribution in [0.15, 0.2) is 57.9 Å². The zero-order chi connectivity index (χ0) is 25.0. The molecular weight excluding hydrogens is 493 g/mol. The number of benzene rings is 2. The Morgan fingerprint density at radius 3 is 2.54 bits per heavy atom. The second-order valence-corrected chi connectivity index (χ2v) is 10.7. The minimum Gasteiger partial charge on any atom is -0.355 e. The van der Waals surface area contributed by atoms with E-state index in [1.807, 2.05) is 12.1 Å². The Kier molecular flexibility index (Phi) is 7.69. The van der Waals surface area contributed by atoms with E-state index < -0.39 is 15.8 Å². The van der Waals surface area contributed by atoms with Crippen molar-refractivity contribution in [1.82, 2.24) is 14.8 Å². The highest BCUT2D eigenvalue weighted by atomic mass is 35.5. The molecule has 2 heterocycles. The van der Waals surface area contributed by atoms with Gasteiger partial charge >= 0.3 is 0 Å². The molecule has 4 rings (SSSR count). The summed E-state index contributed by atoms with van der Waals surface area (Å²) in [5.41, 5.74) is 1.46. The quantitative estimate of drug-likeness (QED) is 0.492. The largest absolute Gasteiger partial charge is 0.355 e. The average molecular weight is 518 g/mol. The van der Waals surface area contributed by atoms with Gasteiger partial charge in [0.1, 0.15) is 11.5 Å². The summed E-state index contributed by atoms with van der Waals surface area (Å²) in [4.78, 5) is 12.6. The molecule has 0 saturated carbocycles. The molecule has 1 amide bonds. The molecule has 7 nitrogen and oxygen atoms in total. The maximum Gasteiger partial charge on any atom is 0.248 e. The molecule has 3 aromatic rings. The van der Waals surface area contributed by atoms with Crippen LogP contribution in [0.1, 0.15) is 35.4 Å². The second kappa shape index (κ2) is 10.7. The number of halogens is 2. The monoisotopic (exact) mass is 517 g/mol. The van der Waals surface area contributed by atoms with E-state index in [0.29, 0.717) is 30.0 Å². The van der Waals surface area contributed by atoms with Crippen LogP contribution in [0, 0.1) is 18.7 Å². The van der Waals surface area contributed by atoms with Crippen molar-refractivity contribution in [2.24, 2.45) is 5.92 Å². The fourth-order valence-electron chi connectivity index (χ4n) is 4.00. The first-order chi connectivity index (χ1) is 16.8. The van der Waals surface area contributed by atoms with Crippen molar-refractivity contribution in [3.63, 3.8) is 0 Å². The summed E-state index contributed by atoms with van der Waals surface area (Å²) in [6, 6.07) is 13.4. The molecule has 1 aromatic heterocycles. The molecule has 1 fully saturated rings. The van der Waals surface area contributed by atoms with E-state index in [2.05, 4.69) is 10.5 Å². The van der Waals surface area contributed by atoms with Crippen LogP contribution in [-0.4, -0.2) is 36.9 Å². The van der Waals surface area contributed by atoms with Gasteiger partial charge in [0.25, 0.3) is 0 Å². The van der Waals surface area contributed by atoms with Crippen molar-refractivity contribution >= 4 is 39.7 Å². The molecule has 2 aromatic carbocycles. The SMILES string of the molecule is Cc1noc(C=Cc2ccccc2F)c1S(=O)(=O)N1CCC(C(=O)NCc2ccc(Cl)cc2)CC1. The van der Waals surface area contributed by atoms with Crippen LogP contribution in [0.4, 0.5) is 4.39 Å². The van der Waals surface area contributed by atoms with Crippen LogP contribution in [0.25, 0.3) is 12.2 Å². The van der Waals surface area contributed by atoms with E-state index in [1.54, 1.807) is 37.3 Å². The Bertz CT molecular complexity index is 1330. The first-order valence-electron chi connectivity index (χ1n) is 11.2. The molecule has 1 aliphatic heterocycles. The van der Waals surface area contributed by atoms with Gasteiger partial charge in [-0.15, -0.1) is 0 Å². The maximum absolute atomic E-state index is 13.9. The highest BCUT2D eigenvalue weighted by Gasteiger charge is 2.35. The summed E-state index contributed by atoms with van der Waals surface area (Å²) < 4.78 is 47.3. The number of rotatable bonds is 7. The van der Waals surface area contributed by atoms with Gasteiger partial charge in [0.05, 0.1) is 0 Å². The topological polar surface area (TPSA) is 92.5 Å². The number of hydrogen-bond donors (Lipinski definition) is 1. The van der Waals surface area contributed by atoms with Gasteiger partial charge in [-0.2, -0.15) is 4.31 Å². The second-order valence-electron chi connectivity index (χ2n) is 8.34. The Labute approximate surface area is 208 Å². The van der Waals surface area contributed by atoms with Gasteiger partial charge in [-0.05, 0) is 55.7 Å². The van der Waals surface area contributed by atoms with Crippen LogP contribution in [0.5, 0.6) is 0 Å². The number of aromatic nitrogens is 1.